The van der Waals surface area contributed by atoms with Crippen LogP contribution in [-0.4, -0.2) is 31.1 Å². The summed E-state index contributed by atoms with van der Waals surface area (Å²) in [6.45, 7) is -0.898. The Balaban J connectivity index is 1.66. The molecule has 9 heteroatoms. The van der Waals surface area contributed by atoms with Crippen LogP contribution in [0.3, 0.4) is 0 Å². The zero-order valence-corrected chi connectivity index (χ0v) is 14.5. The third-order valence-electron chi connectivity index (χ3n) is 3.20. The molecule has 2 rings (SSSR count). The molecule has 140 valence electrons. The molecule has 1 aromatic carbocycles. The molecule has 0 bridgehead atoms. The van der Waals surface area contributed by atoms with Gasteiger partial charge in [0, 0.05) is 19.5 Å². The van der Waals surface area contributed by atoms with E-state index in [1.165, 1.54) is 23.5 Å². The molecule has 0 saturated carbocycles. The minimum atomic E-state index is -4.38. The second kappa shape index (κ2) is 9.23. The number of benzene rings is 1. The Morgan fingerprint density at radius 2 is 1.81 bits per heavy atom. The summed E-state index contributed by atoms with van der Waals surface area (Å²) >= 11 is 1.32. The lowest BCUT2D eigenvalue weighted by molar-refractivity contribution is -0.153. The van der Waals surface area contributed by atoms with Crippen molar-refractivity contribution in [3.63, 3.8) is 0 Å². The molecule has 0 radical (unpaired) electrons. The number of hydrogen-bond acceptors (Lipinski definition) is 4. The zero-order chi connectivity index (χ0) is 19.0. The van der Waals surface area contributed by atoms with E-state index in [0.29, 0.717) is 4.88 Å². The van der Waals surface area contributed by atoms with E-state index < -0.39 is 12.8 Å². The fraction of sp³-hybridized carbons (Fsp3) is 0.294. The first-order valence-corrected chi connectivity index (χ1v) is 8.58. The van der Waals surface area contributed by atoms with Gasteiger partial charge >= 0.3 is 6.18 Å². The van der Waals surface area contributed by atoms with E-state index in [0.717, 1.165) is 5.56 Å². The summed E-state index contributed by atoms with van der Waals surface area (Å²) in [5.41, 5.74) is 0.723. The van der Waals surface area contributed by atoms with Crippen LogP contribution in [0.15, 0.2) is 41.8 Å². The fourth-order valence-electron chi connectivity index (χ4n) is 1.94. The Hall–Kier alpha value is -2.55. The smallest absolute Gasteiger partial charge is 0.422 e. The molecular weight excluding hydrogens is 369 g/mol. The van der Waals surface area contributed by atoms with Crippen LogP contribution in [-0.2, 0) is 11.3 Å². The Kier molecular flexibility index (Phi) is 7.02. The van der Waals surface area contributed by atoms with Gasteiger partial charge in [0.25, 0.3) is 5.91 Å². The van der Waals surface area contributed by atoms with E-state index in [1.54, 1.807) is 29.6 Å². The van der Waals surface area contributed by atoms with Crippen molar-refractivity contribution in [2.24, 2.45) is 0 Å². The highest BCUT2D eigenvalue weighted by Crippen LogP contribution is 2.18. The molecule has 26 heavy (non-hydrogen) atoms. The number of hydrogen-bond donors (Lipinski definition) is 2. The van der Waals surface area contributed by atoms with Crippen LogP contribution in [0, 0.1) is 0 Å². The van der Waals surface area contributed by atoms with Gasteiger partial charge in [-0.1, -0.05) is 18.2 Å². The Labute approximate surface area is 152 Å². The van der Waals surface area contributed by atoms with Gasteiger partial charge in [0.05, 0.1) is 4.88 Å². The number of alkyl halides is 3. The van der Waals surface area contributed by atoms with E-state index in [4.69, 9.17) is 0 Å². The largest absolute Gasteiger partial charge is 0.484 e. The summed E-state index contributed by atoms with van der Waals surface area (Å²) in [4.78, 5) is 24.0. The molecule has 1 aromatic heterocycles. The highest BCUT2D eigenvalue weighted by Gasteiger charge is 2.28. The molecular formula is C17H17F3N2O3S. The van der Waals surface area contributed by atoms with Crippen molar-refractivity contribution in [1.82, 2.24) is 10.6 Å². The van der Waals surface area contributed by atoms with Gasteiger partial charge in [0.15, 0.2) is 6.61 Å². The first-order chi connectivity index (χ1) is 12.3. The average molecular weight is 386 g/mol. The number of carbonyl (C=O) groups excluding carboxylic acids is 2. The summed E-state index contributed by atoms with van der Waals surface area (Å²) in [5.74, 6) is -0.357. The number of halogens is 3. The van der Waals surface area contributed by atoms with E-state index in [1.807, 2.05) is 0 Å². The molecule has 0 spiro atoms. The number of carbonyl (C=O) groups is 2. The van der Waals surface area contributed by atoms with Gasteiger partial charge in [-0.15, -0.1) is 11.3 Å². The maximum atomic E-state index is 12.1. The highest BCUT2D eigenvalue weighted by molar-refractivity contribution is 7.12. The second-order valence-electron chi connectivity index (χ2n) is 5.31. The molecule has 0 aliphatic heterocycles. The summed E-state index contributed by atoms with van der Waals surface area (Å²) in [6.07, 6.45) is -4.25. The predicted molar refractivity (Wildman–Crippen MR) is 91.1 cm³/mol. The normalized spacial score (nSPS) is 11.0. The lowest BCUT2D eigenvalue weighted by atomic mass is 10.2. The zero-order valence-electron chi connectivity index (χ0n) is 13.6. The summed E-state index contributed by atoms with van der Waals surface area (Å²) in [7, 11) is 0. The SMILES string of the molecule is O=C(CCNC(=O)c1cccs1)NCc1ccc(OCC(F)(F)F)cc1. The molecule has 0 unspecified atom stereocenters. The number of rotatable bonds is 8. The summed E-state index contributed by atoms with van der Waals surface area (Å²) < 4.78 is 40.8. The minimum Gasteiger partial charge on any atom is -0.484 e. The third kappa shape index (κ3) is 7.14. The van der Waals surface area contributed by atoms with E-state index >= 15 is 0 Å². The summed E-state index contributed by atoms with van der Waals surface area (Å²) in [5, 5.41) is 7.12. The standard InChI is InChI=1S/C17H17F3N2O3S/c18-17(19,20)11-25-13-5-3-12(4-6-13)10-22-15(23)7-8-21-16(24)14-2-1-9-26-14/h1-6,9H,7-8,10-11H2,(H,21,24)(H,22,23). The number of nitrogens with one attached hydrogen (secondary N) is 2. The molecule has 0 aliphatic carbocycles. The lowest BCUT2D eigenvalue weighted by Gasteiger charge is -2.10. The van der Waals surface area contributed by atoms with Crippen LogP contribution >= 0.6 is 11.3 Å². The molecule has 2 amide bonds. The maximum Gasteiger partial charge on any atom is 0.422 e. The van der Waals surface area contributed by atoms with Crippen molar-refractivity contribution in [3.8, 4) is 5.75 Å². The molecule has 5 nitrogen and oxygen atoms in total. The lowest BCUT2D eigenvalue weighted by Crippen LogP contribution is -2.30. The van der Waals surface area contributed by atoms with Gasteiger partial charge in [-0.2, -0.15) is 13.2 Å². The van der Waals surface area contributed by atoms with Crippen LogP contribution in [0.2, 0.25) is 0 Å². The number of ether oxygens (including phenoxy) is 1. The van der Waals surface area contributed by atoms with Crippen LogP contribution in [0.5, 0.6) is 5.75 Å². The monoisotopic (exact) mass is 386 g/mol. The van der Waals surface area contributed by atoms with E-state index in [-0.39, 0.29) is 37.1 Å². The molecule has 2 aromatic rings. The minimum absolute atomic E-state index is 0.105. The molecule has 0 fully saturated rings. The molecule has 1 heterocycles. The molecule has 0 aliphatic rings. The first kappa shape index (κ1) is 19.8. The summed E-state index contributed by atoms with van der Waals surface area (Å²) in [6, 6.07) is 9.44. The van der Waals surface area contributed by atoms with E-state index in [2.05, 4.69) is 15.4 Å². The van der Waals surface area contributed by atoms with Crippen molar-refractivity contribution in [2.45, 2.75) is 19.1 Å². The first-order valence-electron chi connectivity index (χ1n) is 7.70. The highest BCUT2D eigenvalue weighted by atomic mass is 32.1. The van der Waals surface area contributed by atoms with Gasteiger partial charge in [-0.05, 0) is 29.1 Å². The van der Waals surface area contributed by atoms with E-state index in [9.17, 15) is 22.8 Å². The third-order valence-corrected chi connectivity index (χ3v) is 4.07. The average Bonchev–Trinajstić information content (AvgIpc) is 3.13. The van der Waals surface area contributed by atoms with Gasteiger partial charge in [-0.3, -0.25) is 9.59 Å². The van der Waals surface area contributed by atoms with Gasteiger partial charge < -0.3 is 15.4 Å². The number of thiophene rings is 1. The molecule has 0 saturated heterocycles. The van der Waals surface area contributed by atoms with Crippen molar-refractivity contribution < 1.29 is 27.5 Å². The Morgan fingerprint density at radius 1 is 1.08 bits per heavy atom. The van der Waals surface area contributed by atoms with Crippen molar-refractivity contribution in [3.05, 3.63) is 52.2 Å². The van der Waals surface area contributed by atoms with Crippen LogP contribution in [0.25, 0.3) is 0 Å². The molecule has 0 atom stereocenters. The van der Waals surface area contributed by atoms with Crippen LogP contribution in [0.4, 0.5) is 13.2 Å². The Morgan fingerprint density at radius 3 is 2.42 bits per heavy atom. The number of amides is 2. The van der Waals surface area contributed by atoms with Crippen molar-refractivity contribution in [2.75, 3.05) is 13.2 Å². The topological polar surface area (TPSA) is 67.4 Å². The van der Waals surface area contributed by atoms with Crippen molar-refractivity contribution >= 4 is 23.2 Å². The second-order valence-corrected chi connectivity index (χ2v) is 6.26. The fourth-order valence-corrected chi connectivity index (χ4v) is 2.58. The maximum absolute atomic E-state index is 12.1. The Bertz CT molecular complexity index is 716. The van der Waals surface area contributed by atoms with Gasteiger partial charge in [-0.25, -0.2) is 0 Å². The van der Waals surface area contributed by atoms with Crippen LogP contribution in [0.1, 0.15) is 21.7 Å². The van der Waals surface area contributed by atoms with Gasteiger partial charge in [0.1, 0.15) is 5.75 Å². The molecule has 2 N–H and O–H groups in total. The van der Waals surface area contributed by atoms with Gasteiger partial charge in [0.2, 0.25) is 5.91 Å². The predicted octanol–water partition coefficient (Wildman–Crippen LogP) is 3.13. The van der Waals surface area contributed by atoms with Crippen molar-refractivity contribution in [1.29, 1.82) is 0 Å². The van der Waals surface area contributed by atoms with Crippen LogP contribution < -0.4 is 15.4 Å². The quantitative estimate of drug-likeness (QED) is 0.733.